The number of carboxylic acid groups (broad SMARTS) is 1. The molecular weight excluding hydrogens is 208 g/mol. The van der Waals surface area contributed by atoms with Gasteiger partial charge >= 0.3 is 6.09 Å². The van der Waals surface area contributed by atoms with Crippen molar-refractivity contribution in [2.24, 2.45) is 0 Å². The van der Waals surface area contributed by atoms with Gasteiger partial charge in [-0.3, -0.25) is 0 Å². The molecule has 74 valence electrons. The minimum absolute atomic E-state index is 0.552. The third-order valence-electron chi connectivity index (χ3n) is 1.98. The fourth-order valence-corrected chi connectivity index (χ4v) is 1.83. The number of thioether (sulfide) groups is 1. The fraction of sp³-hybridized carbons (Fsp3) is 0.714. The number of hydrogen-bond acceptors (Lipinski definition) is 3. The lowest BCUT2D eigenvalue weighted by Crippen LogP contribution is -2.49. The van der Waals surface area contributed by atoms with Crippen LogP contribution in [0.15, 0.2) is 0 Å². The van der Waals surface area contributed by atoms with Crippen molar-refractivity contribution in [3.05, 3.63) is 0 Å². The van der Waals surface area contributed by atoms with Crippen LogP contribution in [0.3, 0.4) is 0 Å². The summed E-state index contributed by atoms with van der Waals surface area (Å²) >= 11 is 6.63. The highest BCUT2D eigenvalue weighted by atomic mass is 32.2. The predicted octanol–water partition coefficient (Wildman–Crippen LogP) is 0.930. The molecule has 1 heterocycles. The van der Waals surface area contributed by atoms with Gasteiger partial charge < -0.3 is 14.9 Å². The van der Waals surface area contributed by atoms with Crippen molar-refractivity contribution >= 4 is 34.4 Å². The maximum atomic E-state index is 10.6. The Labute approximate surface area is 86.9 Å². The number of rotatable bonds is 0. The number of nitrogens with zero attached hydrogens (tertiary/aromatic N) is 2. The molecule has 1 fully saturated rings. The molecule has 1 rings (SSSR count). The van der Waals surface area contributed by atoms with Crippen LogP contribution in [0.5, 0.6) is 0 Å². The van der Waals surface area contributed by atoms with E-state index in [2.05, 4.69) is 0 Å². The molecule has 0 spiro atoms. The van der Waals surface area contributed by atoms with Gasteiger partial charge in [0, 0.05) is 26.2 Å². The van der Waals surface area contributed by atoms with Crippen molar-refractivity contribution in [2.45, 2.75) is 0 Å². The van der Waals surface area contributed by atoms with E-state index in [0.29, 0.717) is 26.2 Å². The number of carbonyl (C=O) groups is 1. The average molecular weight is 220 g/mol. The third kappa shape index (κ3) is 2.73. The van der Waals surface area contributed by atoms with Gasteiger partial charge in [0.25, 0.3) is 0 Å². The summed E-state index contributed by atoms with van der Waals surface area (Å²) in [4.78, 5) is 14.0. The monoisotopic (exact) mass is 220 g/mol. The van der Waals surface area contributed by atoms with Crippen LogP contribution < -0.4 is 0 Å². The Morgan fingerprint density at radius 3 is 2.15 bits per heavy atom. The molecule has 1 aliphatic heterocycles. The van der Waals surface area contributed by atoms with Crippen LogP contribution in [-0.2, 0) is 0 Å². The molecule has 0 bridgehead atoms. The first-order valence-electron chi connectivity index (χ1n) is 3.96. The second kappa shape index (κ2) is 4.66. The molecule has 1 aliphatic rings. The van der Waals surface area contributed by atoms with Crippen LogP contribution in [0.2, 0.25) is 0 Å². The Morgan fingerprint density at radius 1 is 1.31 bits per heavy atom. The molecule has 4 nitrogen and oxygen atoms in total. The summed E-state index contributed by atoms with van der Waals surface area (Å²) < 4.78 is 0.852. The molecule has 0 unspecified atom stereocenters. The maximum absolute atomic E-state index is 10.6. The van der Waals surface area contributed by atoms with Crippen molar-refractivity contribution < 1.29 is 9.90 Å². The van der Waals surface area contributed by atoms with Gasteiger partial charge in [-0.1, -0.05) is 12.2 Å². The van der Waals surface area contributed by atoms with Crippen LogP contribution in [0.4, 0.5) is 4.79 Å². The van der Waals surface area contributed by atoms with Gasteiger partial charge in [0.1, 0.15) is 4.32 Å². The largest absolute Gasteiger partial charge is 0.465 e. The lowest BCUT2D eigenvalue weighted by atomic mass is 10.3. The van der Waals surface area contributed by atoms with Gasteiger partial charge in [0.2, 0.25) is 0 Å². The molecule has 0 aromatic heterocycles. The van der Waals surface area contributed by atoms with Crippen molar-refractivity contribution in [1.29, 1.82) is 0 Å². The zero-order chi connectivity index (χ0) is 9.84. The first-order valence-corrected chi connectivity index (χ1v) is 5.59. The van der Waals surface area contributed by atoms with Gasteiger partial charge in [0.15, 0.2) is 0 Å². The van der Waals surface area contributed by atoms with E-state index in [4.69, 9.17) is 17.3 Å². The third-order valence-corrected chi connectivity index (χ3v) is 3.35. The van der Waals surface area contributed by atoms with Gasteiger partial charge in [-0.25, -0.2) is 4.79 Å². The molecule has 0 aliphatic carbocycles. The topological polar surface area (TPSA) is 43.8 Å². The summed E-state index contributed by atoms with van der Waals surface area (Å²) in [5.74, 6) is 0. The Bertz CT molecular complexity index is 215. The summed E-state index contributed by atoms with van der Waals surface area (Å²) in [6.07, 6.45) is 1.10. The summed E-state index contributed by atoms with van der Waals surface area (Å²) in [5, 5.41) is 8.69. The molecule has 0 saturated carbocycles. The summed E-state index contributed by atoms with van der Waals surface area (Å²) in [7, 11) is 0. The quantitative estimate of drug-likeness (QED) is 0.615. The van der Waals surface area contributed by atoms with Gasteiger partial charge in [-0.2, -0.15) is 0 Å². The highest BCUT2D eigenvalue weighted by Gasteiger charge is 2.21. The van der Waals surface area contributed by atoms with E-state index in [1.54, 1.807) is 0 Å². The molecular formula is C7H12N2O2S2. The molecule has 0 aromatic carbocycles. The number of thiocarbonyl (C=S) groups is 1. The molecule has 1 N–H and O–H groups in total. The number of piperazine rings is 1. The van der Waals surface area contributed by atoms with Crippen molar-refractivity contribution in [1.82, 2.24) is 9.80 Å². The standard InChI is InChI=1S/C7H12N2O2S2/c1-13-7(12)9-4-2-8(3-5-9)6(10)11/h2-5H2,1H3,(H,10,11). The Hall–Kier alpha value is -0.490. The smallest absolute Gasteiger partial charge is 0.407 e. The van der Waals surface area contributed by atoms with Crippen LogP contribution in [-0.4, -0.2) is 57.8 Å². The zero-order valence-corrected chi connectivity index (χ0v) is 9.03. The second-order valence-electron chi connectivity index (χ2n) is 2.73. The minimum Gasteiger partial charge on any atom is -0.465 e. The lowest BCUT2D eigenvalue weighted by molar-refractivity contribution is 0.125. The van der Waals surface area contributed by atoms with E-state index < -0.39 is 6.09 Å². The highest BCUT2D eigenvalue weighted by molar-refractivity contribution is 8.22. The van der Waals surface area contributed by atoms with Crippen molar-refractivity contribution in [2.75, 3.05) is 32.4 Å². The van der Waals surface area contributed by atoms with E-state index >= 15 is 0 Å². The summed E-state index contributed by atoms with van der Waals surface area (Å²) in [6, 6.07) is 0. The van der Waals surface area contributed by atoms with Crippen LogP contribution in [0.25, 0.3) is 0 Å². The first kappa shape index (κ1) is 10.6. The van der Waals surface area contributed by atoms with Crippen LogP contribution in [0, 0.1) is 0 Å². The van der Waals surface area contributed by atoms with Crippen LogP contribution >= 0.6 is 24.0 Å². The van der Waals surface area contributed by atoms with E-state index in [-0.39, 0.29) is 0 Å². The number of hydrogen-bond donors (Lipinski definition) is 1. The first-order chi connectivity index (χ1) is 6.15. The van der Waals surface area contributed by atoms with E-state index in [1.165, 1.54) is 16.7 Å². The molecule has 1 saturated heterocycles. The zero-order valence-electron chi connectivity index (χ0n) is 7.39. The summed E-state index contributed by atoms with van der Waals surface area (Å²) in [6.45, 7) is 2.53. The normalized spacial score (nSPS) is 17.3. The Kier molecular flexibility index (Phi) is 3.80. The SMILES string of the molecule is CSC(=S)N1CCN(C(=O)O)CC1. The second-order valence-corrected chi connectivity index (χ2v) is 4.17. The van der Waals surface area contributed by atoms with E-state index in [0.717, 1.165) is 4.32 Å². The van der Waals surface area contributed by atoms with Crippen molar-refractivity contribution in [3.8, 4) is 0 Å². The number of amides is 1. The molecule has 13 heavy (non-hydrogen) atoms. The molecule has 0 atom stereocenters. The van der Waals surface area contributed by atoms with Gasteiger partial charge in [0.05, 0.1) is 0 Å². The Balaban J connectivity index is 2.39. The molecule has 6 heteroatoms. The van der Waals surface area contributed by atoms with E-state index in [9.17, 15) is 4.79 Å². The van der Waals surface area contributed by atoms with E-state index in [1.807, 2.05) is 11.2 Å². The maximum Gasteiger partial charge on any atom is 0.407 e. The summed E-state index contributed by atoms with van der Waals surface area (Å²) in [5.41, 5.74) is 0. The highest BCUT2D eigenvalue weighted by Crippen LogP contribution is 2.09. The minimum atomic E-state index is -0.838. The van der Waals surface area contributed by atoms with Gasteiger partial charge in [-0.05, 0) is 6.26 Å². The Morgan fingerprint density at radius 2 is 1.77 bits per heavy atom. The van der Waals surface area contributed by atoms with Crippen molar-refractivity contribution in [3.63, 3.8) is 0 Å². The fourth-order valence-electron chi connectivity index (χ4n) is 1.21. The average Bonchev–Trinajstić information content (AvgIpc) is 2.17. The molecule has 0 radical (unpaired) electrons. The lowest BCUT2D eigenvalue weighted by Gasteiger charge is -2.34. The molecule has 0 aromatic rings. The predicted molar refractivity (Wildman–Crippen MR) is 57.3 cm³/mol. The van der Waals surface area contributed by atoms with Crippen LogP contribution in [0.1, 0.15) is 0 Å². The van der Waals surface area contributed by atoms with Gasteiger partial charge in [-0.15, -0.1) is 11.8 Å². The molecule has 1 amide bonds.